The molecule has 0 bridgehead atoms. The standard InChI is InChI=1S/C22H28N2O2S/c1-16-5-6-18(12-17(16)2)14-24-9-7-22(8-10-24)13-19(15-26-22)23-21(25)20-4-3-11-27-20/h3-6,11-12,19H,7-10,13-15H2,1-2H3,(H,23,25)/t19-/m0/s1. The number of hydrogen-bond acceptors (Lipinski definition) is 4. The number of benzene rings is 1. The number of amides is 1. The molecule has 0 aliphatic carbocycles. The van der Waals surface area contributed by atoms with Crippen molar-refractivity contribution in [2.24, 2.45) is 0 Å². The van der Waals surface area contributed by atoms with E-state index in [1.54, 1.807) is 0 Å². The lowest BCUT2D eigenvalue weighted by Crippen LogP contribution is -2.44. The minimum atomic E-state index is -0.0485. The maximum atomic E-state index is 12.3. The SMILES string of the molecule is Cc1ccc(CN2CCC3(CC2)C[C@H](NC(=O)c2cccs2)CO3)cc1C. The first-order chi connectivity index (χ1) is 13.0. The van der Waals surface area contributed by atoms with Gasteiger partial charge >= 0.3 is 0 Å². The quantitative estimate of drug-likeness (QED) is 0.869. The molecule has 2 fully saturated rings. The van der Waals surface area contributed by atoms with Gasteiger partial charge in [-0.15, -0.1) is 11.3 Å². The van der Waals surface area contributed by atoms with E-state index in [1.165, 1.54) is 28.0 Å². The highest BCUT2D eigenvalue weighted by Gasteiger charge is 2.43. The molecule has 0 saturated carbocycles. The lowest BCUT2D eigenvalue weighted by molar-refractivity contribution is -0.0449. The van der Waals surface area contributed by atoms with Gasteiger partial charge in [0.25, 0.3) is 5.91 Å². The molecule has 5 heteroatoms. The first kappa shape index (κ1) is 18.7. The van der Waals surface area contributed by atoms with E-state index in [0.29, 0.717) is 6.61 Å². The highest BCUT2D eigenvalue weighted by atomic mass is 32.1. The van der Waals surface area contributed by atoms with Crippen LogP contribution in [0, 0.1) is 13.8 Å². The van der Waals surface area contributed by atoms with Crippen LogP contribution in [0.15, 0.2) is 35.7 Å². The highest BCUT2D eigenvalue weighted by Crippen LogP contribution is 2.36. The Morgan fingerprint density at radius 2 is 2.07 bits per heavy atom. The molecule has 1 spiro atoms. The molecule has 1 amide bonds. The van der Waals surface area contributed by atoms with Crippen LogP contribution in [0.25, 0.3) is 0 Å². The summed E-state index contributed by atoms with van der Waals surface area (Å²) in [5.41, 5.74) is 4.06. The Morgan fingerprint density at radius 1 is 1.26 bits per heavy atom. The minimum absolute atomic E-state index is 0.0304. The average molecular weight is 385 g/mol. The molecule has 3 heterocycles. The van der Waals surface area contributed by atoms with Crippen molar-refractivity contribution >= 4 is 17.2 Å². The smallest absolute Gasteiger partial charge is 0.261 e. The third kappa shape index (κ3) is 4.26. The molecular weight excluding hydrogens is 356 g/mol. The molecule has 2 saturated heterocycles. The number of rotatable bonds is 4. The van der Waals surface area contributed by atoms with Crippen LogP contribution in [0.2, 0.25) is 0 Å². The largest absolute Gasteiger partial charge is 0.373 e. The van der Waals surface area contributed by atoms with Gasteiger partial charge in [0, 0.05) is 19.6 Å². The van der Waals surface area contributed by atoms with Gasteiger partial charge in [0.2, 0.25) is 0 Å². The zero-order valence-corrected chi connectivity index (χ0v) is 17.0. The van der Waals surface area contributed by atoms with Crippen LogP contribution in [0.4, 0.5) is 0 Å². The van der Waals surface area contributed by atoms with E-state index in [2.05, 4.69) is 42.3 Å². The summed E-state index contributed by atoms with van der Waals surface area (Å²) in [6.07, 6.45) is 3.02. The molecule has 0 radical (unpaired) electrons. The van der Waals surface area contributed by atoms with Crippen LogP contribution in [-0.2, 0) is 11.3 Å². The number of nitrogens with one attached hydrogen (secondary N) is 1. The Balaban J connectivity index is 1.28. The molecule has 4 nitrogen and oxygen atoms in total. The van der Waals surface area contributed by atoms with E-state index < -0.39 is 0 Å². The number of ether oxygens (including phenoxy) is 1. The average Bonchev–Trinajstić information content (AvgIpc) is 3.31. The van der Waals surface area contributed by atoms with Gasteiger partial charge in [-0.3, -0.25) is 9.69 Å². The number of thiophene rings is 1. The summed E-state index contributed by atoms with van der Waals surface area (Å²) in [7, 11) is 0. The van der Waals surface area contributed by atoms with E-state index in [4.69, 9.17) is 4.74 Å². The zero-order chi connectivity index (χ0) is 18.9. The number of aryl methyl sites for hydroxylation is 2. The predicted molar refractivity (Wildman–Crippen MR) is 109 cm³/mol. The maximum Gasteiger partial charge on any atom is 0.261 e. The van der Waals surface area contributed by atoms with Crippen molar-refractivity contribution in [3.05, 3.63) is 57.3 Å². The number of likely N-dealkylation sites (tertiary alicyclic amines) is 1. The molecule has 144 valence electrons. The Hall–Kier alpha value is -1.69. The van der Waals surface area contributed by atoms with Crippen LogP contribution in [0.5, 0.6) is 0 Å². The summed E-state index contributed by atoms with van der Waals surface area (Å²) in [5, 5.41) is 5.09. The molecule has 0 unspecified atom stereocenters. The number of carbonyl (C=O) groups is 1. The first-order valence-corrected chi connectivity index (χ1v) is 10.7. The second-order valence-electron chi connectivity index (χ2n) is 8.04. The molecule has 1 N–H and O–H groups in total. The van der Waals surface area contributed by atoms with Crippen molar-refractivity contribution < 1.29 is 9.53 Å². The number of nitrogens with zero attached hydrogens (tertiary/aromatic N) is 1. The number of carbonyl (C=O) groups excluding carboxylic acids is 1. The van der Waals surface area contributed by atoms with E-state index in [9.17, 15) is 4.79 Å². The molecule has 4 rings (SSSR count). The van der Waals surface area contributed by atoms with Crippen LogP contribution in [-0.4, -0.2) is 42.1 Å². The molecule has 1 atom stereocenters. The van der Waals surface area contributed by atoms with Crippen LogP contribution in [0.1, 0.15) is 45.6 Å². The van der Waals surface area contributed by atoms with Crippen molar-refractivity contribution in [1.82, 2.24) is 10.2 Å². The van der Waals surface area contributed by atoms with Gasteiger partial charge in [-0.1, -0.05) is 24.3 Å². The van der Waals surface area contributed by atoms with Crippen molar-refractivity contribution in [1.29, 1.82) is 0 Å². The van der Waals surface area contributed by atoms with Crippen molar-refractivity contribution in [3.8, 4) is 0 Å². The minimum Gasteiger partial charge on any atom is -0.373 e. The Morgan fingerprint density at radius 3 is 2.78 bits per heavy atom. The monoisotopic (exact) mass is 384 g/mol. The fourth-order valence-electron chi connectivity index (χ4n) is 4.23. The van der Waals surface area contributed by atoms with E-state index in [0.717, 1.165) is 43.8 Å². The summed E-state index contributed by atoms with van der Waals surface area (Å²) >= 11 is 1.48. The van der Waals surface area contributed by atoms with E-state index in [-0.39, 0.29) is 17.6 Å². The molecule has 2 aliphatic heterocycles. The van der Waals surface area contributed by atoms with E-state index >= 15 is 0 Å². The normalized spacial score (nSPS) is 22.2. The van der Waals surface area contributed by atoms with Crippen LogP contribution in [0.3, 0.4) is 0 Å². The van der Waals surface area contributed by atoms with Crippen molar-refractivity contribution in [3.63, 3.8) is 0 Å². The maximum absolute atomic E-state index is 12.3. The highest BCUT2D eigenvalue weighted by molar-refractivity contribution is 7.12. The lowest BCUT2D eigenvalue weighted by atomic mass is 9.87. The van der Waals surface area contributed by atoms with Crippen molar-refractivity contribution in [2.75, 3.05) is 19.7 Å². The first-order valence-electron chi connectivity index (χ1n) is 9.80. The summed E-state index contributed by atoms with van der Waals surface area (Å²) in [6.45, 7) is 8.09. The van der Waals surface area contributed by atoms with Gasteiger partial charge in [0.1, 0.15) is 0 Å². The lowest BCUT2D eigenvalue weighted by Gasteiger charge is -2.38. The molecular formula is C22H28N2O2S. The summed E-state index contributed by atoms with van der Waals surface area (Å²) in [4.78, 5) is 15.6. The van der Waals surface area contributed by atoms with Crippen LogP contribution >= 0.6 is 11.3 Å². The second-order valence-corrected chi connectivity index (χ2v) is 8.99. The summed E-state index contributed by atoms with van der Waals surface area (Å²) < 4.78 is 6.21. The van der Waals surface area contributed by atoms with E-state index in [1.807, 2.05) is 17.5 Å². The van der Waals surface area contributed by atoms with Gasteiger partial charge in [-0.25, -0.2) is 0 Å². The van der Waals surface area contributed by atoms with Gasteiger partial charge in [-0.2, -0.15) is 0 Å². The van der Waals surface area contributed by atoms with Gasteiger partial charge in [-0.05, 0) is 61.2 Å². The fraction of sp³-hybridized carbons (Fsp3) is 0.500. The zero-order valence-electron chi connectivity index (χ0n) is 16.2. The van der Waals surface area contributed by atoms with Gasteiger partial charge < -0.3 is 10.1 Å². The topological polar surface area (TPSA) is 41.6 Å². The molecule has 1 aromatic heterocycles. The molecule has 2 aromatic rings. The Kier molecular flexibility index (Phi) is 5.35. The third-order valence-corrected chi connectivity index (χ3v) is 6.90. The molecule has 27 heavy (non-hydrogen) atoms. The summed E-state index contributed by atoms with van der Waals surface area (Å²) in [6, 6.07) is 10.7. The van der Waals surface area contributed by atoms with Gasteiger partial charge in [0.15, 0.2) is 0 Å². The van der Waals surface area contributed by atoms with Crippen molar-refractivity contribution in [2.45, 2.75) is 51.3 Å². The fourth-order valence-corrected chi connectivity index (χ4v) is 4.86. The third-order valence-electron chi connectivity index (χ3n) is 6.03. The Bertz CT molecular complexity index is 795. The molecule has 1 aromatic carbocycles. The predicted octanol–water partition coefficient (Wildman–Crippen LogP) is 3.92. The molecule has 2 aliphatic rings. The number of piperidine rings is 1. The van der Waals surface area contributed by atoms with Gasteiger partial charge in [0.05, 0.1) is 23.1 Å². The second kappa shape index (κ2) is 7.74. The number of hydrogen-bond donors (Lipinski definition) is 1. The summed E-state index contributed by atoms with van der Waals surface area (Å²) in [5.74, 6) is 0.0304. The van der Waals surface area contributed by atoms with Crippen LogP contribution < -0.4 is 5.32 Å². The Labute approximate surface area is 165 Å².